The van der Waals surface area contributed by atoms with Gasteiger partial charge in [0.05, 0.1) is 18.8 Å². The Kier molecular flexibility index (Phi) is 10.2. The minimum absolute atomic E-state index is 0.0457. The van der Waals surface area contributed by atoms with Crippen LogP contribution in [0.1, 0.15) is 123 Å². The summed E-state index contributed by atoms with van der Waals surface area (Å²) >= 11 is 0. The van der Waals surface area contributed by atoms with Crippen molar-refractivity contribution in [2.24, 2.45) is 16.7 Å². The number of carbonyl (C=O) groups excluding carboxylic acids is 2. The topological polar surface area (TPSA) is 89.8 Å². The zero-order valence-corrected chi connectivity index (χ0v) is 33.2. The van der Waals surface area contributed by atoms with Gasteiger partial charge in [0.15, 0.2) is 0 Å². The molecule has 0 N–H and O–H groups in total. The number of amides is 2. The van der Waals surface area contributed by atoms with Crippen LogP contribution in [0.25, 0.3) is 11.1 Å². The molecule has 0 atom stereocenters. The lowest BCUT2D eigenvalue weighted by atomic mass is 9.51. The Morgan fingerprint density at radius 3 is 2.23 bits per heavy atom. The van der Waals surface area contributed by atoms with E-state index in [2.05, 4.69) is 76.7 Å². The molecule has 5 aliphatic rings. The van der Waals surface area contributed by atoms with Crippen molar-refractivity contribution in [2.75, 3.05) is 31.6 Å². The number of fused-ring (bicyclic) bond motifs is 3. The molecule has 0 radical (unpaired) electrons. The quantitative estimate of drug-likeness (QED) is 0.196. The number of rotatable bonds is 11. The third-order valence-electron chi connectivity index (χ3n) is 14.0. The van der Waals surface area contributed by atoms with Crippen molar-refractivity contribution in [2.45, 2.75) is 136 Å². The van der Waals surface area contributed by atoms with Crippen LogP contribution in [-0.4, -0.2) is 64.5 Å². The molecule has 53 heavy (non-hydrogen) atoms. The molecule has 1 aromatic carbocycles. The van der Waals surface area contributed by atoms with Gasteiger partial charge in [-0.05, 0) is 137 Å². The number of hydrogen-bond acceptors (Lipinski definition) is 6. The second-order valence-corrected chi connectivity index (χ2v) is 18.0. The third kappa shape index (κ3) is 7.34. The molecule has 1 saturated heterocycles. The van der Waals surface area contributed by atoms with Gasteiger partial charge in [0, 0.05) is 48.9 Å². The number of pyridine rings is 1. The minimum Gasteiger partial charge on any atom is -0.496 e. The molecule has 4 aliphatic carbocycles. The number of aromatic nitrogens is 3. The Labute approximate surface area is 316 Å². The van der Waals surface area contributed by atoms with Crippen LogP contribution in [0.5, 0.6) is 5.75 Å². The first-order chi connectivity index (χ1) is 25.3. The van der Waals surface area contributed by atoms with Crippen LogP contribution >= 0.6 is 0 Å². The largest absolute Gasteiger partial charge is 0.496 e. The van der Waals surface area contributed by atoms with E-state index in [9.17, 15) is 9.59 Å². The van der Waals surface area contributed by atoms with Gasteiger partial charge in [-0.3, -0.25) is 14.4 Å². The van der Waals surface area contributed by atoms with E-state index in [1.807, 2.05) is 23.4 Å². The average Bonchev–Trinajstić information content (AvgIpc) is 3.68. The predicted octanol–water partition coefficient (Wildman–Crippen LogP) is 9.46. The summed E-state index contributed by atoms with van der Waals surface area (Å²) in [7, 11) is 1.74. The Balaban J connectivity index is 1.10. The smallest absolute Gasteiger partial charge is 0.410 e. The summed E-state index contributed by atoms with van der Waals surface area (Å²) in [5.41, 5.74) is 5.06. The summed E-state index contributed by atoms with van der Waals surface area (Å²) < 4.78 is 13.6. The van der Waals surface area contributed by atoms with E-state index < -0.39 is 0 Å². The van der Waals surface area contributed by atoms with Gasteiger partial charge in [0.25, 0.3) is 0 Å². The number of hydrogen-bond donors (Lipinski definition) is 0. The number of likely N-dealkylation sites (tertiary alicyclic amines) is 1. The number of aryl methyl sites for hydroxylation is 1. The standard InChI is InChI=1S/C44H61N5O4/c1-8-42(6,9-2)49-27-34(26-46-49)33-16-23-45-38(25-33)48(39(50)32-10-13-36(14-11-32)53-40(51)47-28-41(4,5)29-47)30-43-17-20-44(21-18-43,22-19-43)35-12-15-37(52-7)31(3)24-35/h12,15-16,23-27,32,36H,8-11,13-14,17-22,28-30H2,1-7H3/t32-,36-,43?,44?. The van der Waals surface area contributed by atoms with E-state index in [1.165, 1.54) is 11.1 Å². The fraction of sp³-hybridized carbons (Fsp3) is 0.636. The second-order valence-electron chi connectivity index (χ2n) is 18.0. The number of methoxy groups -OCH3 is 1. The van der Waals surface area contributed by atoms with Crippen LogP contribution in [0.15, 0.2) is 48.9 Å². The first-order valence-electron chi connectivity index (χ1n) is 20.2. The maximum Gasteiger partial charge on any atom is 0.410 e. The van der Waals surface area contributed by atoms with Crippen LogP contribution in [-0.2, 0) is 20.5 Å². The molecule has 9 heteroatoms. The Hall–Kier alpha value is -3.88. The summed E-state index contributed by atoms with van der Waals surface area (Å²) in [5.74, 6) is 1.71. The fourth-order valence-corrected chi connectivity index (χ4v) is 9.82. The lowest BCUT2D eigenvalue weighted by Crippen LogP contribution is -2.56. The zero-order chi connectivity index (χ0) is 37.6. The molecule has 4 saturated carbocycles. The van der Waals surface area contributed by atoms with E-state index in [0.717, 1.165) is 87.2 Å². The summed E-state index contributed by atoms with van der Waals surface area (Å²) in [6.07, 6.45) is 17.1. The fourth-order valence-electron chi connectivity index (χ4n) is 9.82. The number of carbonyl (C=O) groups is 2. The number of anilines is 1. The highest BCUT2D eigenvalue weighted by molar-refractivity contribution is 5.95. The molecule has 1 aliphatic heterocycles. The Bertz CT molecular complexity index is 1770. The van der Waals surface area contributed by atoms with Crippen LogP contribution in [0, 0.1) is 23.7 Å². The van der Waals surface area contributed by atoms with Crippen molar-refractivity contribution in [1.29, 1.82) is 0 Å². The normalized spacial score (nSPS) is 26.5. The molecule has 9 nitrogen and oxygen atoms in total. The molecule has 2 bridgehead atoms. The molecule has 286 valence electrons. The molecule has 5 fully saturated rings. The van der Waals surface area contributed by atoms with Gasteiger partial charge in [-0.15, -0.1) is 0 Å². The third-order valence-corrected chi connectivity index (χ3v) is 14.0. The highest BCUT2D eigenvalue weighted by atomic mass is 16.6. The maximum atomic E-state index is 14.8. The van der Waals surface area contributed by atoms with Crippen molar-refractivity contribution >= 4 is 17.8 Å². The highest BCUT2D eigenvalue weighted by Gasteiger charge is 2.51. The first-order valence-corrected chi connectivity index (χ1v) is 20.2. The lowest BCUT2D eigenvalue weighted by Gasteiger charge is -2.55. The first kappa shape index (κ1) is 37.4. The van der Waals surface area contributed by atoms with E-state index in [0.29, 0.717) is 32.2 Å². The van der Waals surface area contributed by atoms with E-state index in [4.69, 9.17) is 19.6 Å². The molecule has 0 unspecified atom stereocenters. The monoisotopic (exact) mass is 723 g/mol. The molecular weight excluding hydrogens is 663 g/mol. The second kappa shape index (κ2) is 14.4. The van der Waals surface area contributed by atoms with Crippen molar-refractivity contribution in [3.63, 3.8) is 0 Å². The summed E-state index contributed by atoms with van der Waals surface area (Å²) in [5, 5.41) is 4.78. The average molecular weight is 724 g/mol. The maximum absolute atomic E-state index is 14.8. The van der Waals surface area contributed by atoms with Crippen molar-refractivity contribution < 1.29 is 19.1 Å². The number of ether oxygens (including phenoxy) is 2. The van der Waals surface area contributed by atoms with Gasteiger partial charge in [-0.25, -0.2) is 9.78 Å². The van der Waals surface area contributed by atoms with Gasteiger partial charge in [-0.1, -0.05) is 39.8 Å². The van der Waals surface area contributed by atoms with Crippen LogP contribution in [0.4, 0.5) is 10.6 Å². The molecule has 8 rings (SSSR count). The van der Waals surface area contributed by atoms with Crippen LogP contribution in [0.2, 0.25) is 0 Å². The van der Waals surface area contributed by atoms with Gasteiger partial charge in [0.2, 0.25) is 5.91 Å². The van der Waals surface area contributed by atoms with Crippen molar-refractivity contribution in [3.05, 3.63) is 60.0 Å². The minimum atomic E-state index is -0.210. The molecule has 3 aromatic rings. The molecule has 2 amide bonds. The molecule has 3 heterocycles. The molecular formula is C44H61N5O4. The van der Waals surface area contributed by atoms with Crippen LogP contribution in [0.3, 0.4) is 0 Å². The van der Waals surface area contributed by atoms with Crippen molar-refractivity contribution in [1.82, 2.24) is 19.7 Å². The van der Waals surface area contributed by atoms with Crippen LogP contribution < -0.4 is 9.64 Å². The predicted molar refractivity (Wildman–Crippen MR) is 209 cm³/mol. The summed E-state index contributed by atoms with van der Waals surface area (Å²) in [6, 6.07) is 10.9. The summed E-state index contributed by atoms with van der Waals surface area (Å²) in [6.45, 7) is 15.3. The summed E-state index contributed by atoms with van der Waals surface area (Å²) in [4.78, 5) is 36.3. The molecule has 0 spiro atoms. The van der Waals surface area contributed by atoms with Gasteiger partial charge in [-0.2, -0.15) is 5.10 Å². The SMILES string of the molecule is CCC(C)(CC)n1cc(-c2ccnc(N(CC34CCC(c5ccc(OC)c(C)c5)(CC3)CC4)C(=O)[C@H]3CC[C@H](OC(=O)N4CC(C)(C)C4)CC3)c2)cn1. The Morgan fingerprint density at radius 1 is 0.943 bits per heavy atom. The number of benzene rings is 1. The lowest BCUT2D eigenvalue weighted by molar-refractivity contribution is -0.124. The van der Waals surface area contributed by atoms with Crippen molar-refractivity contribution in [3.8, 4) is 16.9 Å². The van der Waals surface area contributed by atoms with Gasteiger partial charge < -0.3 is 14.4 Å². The Morgan fingerprint density at radius 2 is 1.62 bits per heavy atom. The molecule has 2 aromatic heterocycles. The number of nitrogens with zero attached hydrogens (tertiary/aromatic N) is 5. The van der Waals surface area contributed by atoms with E-state index >= 15 is 0 Å². The zero-order valence-electron chi connectivity index (χ0n) is 33.2. The van der Waals surface area contributed by atoms with Gasteiger partial charge >= 0.3 is 6.09 Å². The van der Waals surface area contributed by atoms with E-state index in [-0.39, 0.29) is 45.8 Å². The van der Waals surface area contributed by atoms with E-state index in [1.54, 1.807) is 12.0 Å². The highest BCUT2D eigenvalue weighted by Crippen LogP contribution is 2.58. The van der Waals surface area contributed by atoms with Gasteiger partial charge in [0.1, 0.15) is 17.7 Å².